The van der Waals surface area contributed by atoms with E-state index >= 15 is 0 Å². The number of rotatable bonds is 28. The molecule has 6 atom stereocenters. The molecule has 0 saturated heterocycles. The molecule has 0 aliphatic rings. The maximum absolute atomic E-state index is 11.1. The second-order valence-corrected chi connectivity index (χ2v) is 13.0. The van der Waals surface area contributed by atoms with Gasteiger partial charge in [0.05, 0.1) is 39.3 Å². The fourth-order valence-corrected chi connectivity index (χ4v) is 5.69. The SMILES string of the molecule is C=CCCCCCC[N+](CO)(CC(C)C(=O)[O-])CC(C)C(=O)O.C=CCCCCCC[N+](CO)(CC(C)C(=O)[O-])CC(C)C(=O)O.[Ca+2]. The molecule has 0 aromatic rings. The summed E-state index contributed by atoms with van der Waals surface area (Å²) < 4.78 is 0.175. The minimum Gasteiger partial charge on any atom is -0.550 e. The van der Waals surface area contributed by atoms with Crippen LogP contribution >= 0.6 is 0 Å². The van der Waals surface area contributed by atoms with Gasteiger partial charge >= 0.3 is 49.7 Å². The molecule has 0 rings (SSSR count). The first kappa shape index (κ1) is 49.8. The van der Waals surface area contributed by atoms with E-state index < -0.39 is 47.5 Å². The third-order valence-corrected chi connectivity index (χ3v) is 8.47. The van der Waals surface area contributed by atoms with Crippen LogP contribution in [0.25, 0.3) is 0 Å². The Balaban J connectivity index is -0.000000807. The molecule has 268 valence electrons. The third-order valence-electron chi connectivity index (χ3n) is 8.47. The van der Waals surface area contributed by atoms with Crippen molar-refractivity contribution in [2.24, 2.45) is 23.7 Å². The number of aliphatic carboxylic acids is 4. The summed E-state index contributed by atoms with van der Waals surface area (Å²) in [5.41, 5.74) is 0. The van der Waals surface area contributed by atoms with Crippen molar-refractivity contribution in [3.05, 3.63) is 25.3 Å². The summed E-state index contributed by atoms with van der Waals surface area (Å²) in [4.78, 5) is 44.3. The molecular formula is C34H62CaN2O10+2. The van der Waals surface area contributed by atoms with E-state index in [0.717, 1.165) is 64.2 Å². The minimum absolute atomic E-state index is 0. The largest absolute Gasteiger partial charge is 2.00 e. The van der Waals surface area contributed by atoms with E-state index in [2.05, 4.69) is 13.2 Å². The Morgan fingerprint density at radius 2 is 0.851 bits per heavy atom. The fraction of sp³-hybridized carbons (Fsp3) is 0.765. The van der Waals surface area contributed by atoms with Crippen molar-refractivity contribution in [3.63, 3.8) is 0 Å². The molecule has 0 heterocycles. The van der Waals surface area contributed by atoms with E-state index in [-0.39, 0.29) is 86.3 Å². The van der Waals surface area contributed by atoms with Crippen molar-refractivity contribution >= 4 is 61.6 Å². The van der Waals surface area contributed by atoms with Crippen LogP contribution in [0.15, 0.2) is 25.3 Å². The Labute approximate surface area is 312 Å². The smallest absolute Gasteiger partial charge is 0.550 e. The molecule has 6 unspecified atom stereocenters. The predicted octanol–water partition coefficient (Wildman–Crippen LogP) is 1.61. The first-order valence-electron chi connectivity index (χ1n) is 16.6. The zero-order valence-corrected chi connectivity index (χ0v) is 31.7. The van der Waals surface area contributed by atoms with E-state index in [9.17, 15) is 39.6 Å². The summed E-state index contributed by atoms with van der Waals surface area (Å²) >= 11 is 0. The van der Waals surface area contributed by atoms with E-state index in [0.29, 0.717) is 13.1 Å². The van der Waals surface area contributed by atoms with Crippen LogP contribution in [-0.4, -0.2) is 144 Å². The molecule has 0 spiro atoms. The van der Waals surface area contributed by atoms with Crippen molar-refractivity contribution in [1.82, 2.24) is 0 Å². The van der Waals surface area contributed by atoms with Crippen molar-refractivity contribution in [2.45, 2.75) is 91.9 Å². The molecule has 0 saturated carbocycles. The first-order valence-corrected chi connectivity index (χ1v) is 16.6. The standard InChI is InChI=1S/2C17H31NO5.Ca/c2*1-4-5-6-7-8-9-10-18(13-19,11-14(2)16(20)21)12-15(3)17(22)23;/h2*4,14-15,19H,1,5-13H2,2-3H3,(H-,20,21,22,23);/q;;+2. The summed E-state index contributed by atoms with van der Waals surface area (Å²) in [6, 6.07) is 0. The molecule has 47 heavy (non-hydrogen) atoms. The summed E-state index contributed by atoms with van der Waals surface area (Å²) in [7, 11) is 0. The van der Waals surface area contributed by atoms with Gasteiger partial charge in [0, 0.05) is 23.8 Å². The Bertz CT molecular complexity index is 801. The van der Waals surface area contributed by atoms with E-state index in [1.165, 1.54) is 13.8 Å². The molecule has 13 heteroatoms. The Morgan fingerprint density at radius 3 is 1.09 bits per heavy atom. The van der Waals surface area contributed by atoms with Gasteiger partial charge in [-0.15, -0.1) is 13.2 Å². The monoisotopic (exact) mass is 698 g/mol. The van der Waals surface area contributed by atoms with Crippen LogP contribution in [0.3, 0.4) is 0 Å². The van der Waals surface area contributed by atoms with E-state index in [1.807, 2.05) is 12.2 Å². The van der Waals surface area contributed by atoms with Gasteiger partial charge < -0.3 is 40.2 Å². The van der Waals surface area contributed by atoms with Crippen LogP contribution in [-0.2, 0) is 19.2 Å². The number of aliphatic hydroxyl groups is 2. The van der Waals surface area contributed by atoms with Gasteiger partial charge in [-0.3, -0.25) is 18.6 Å². The van der Waals surface area contributed by atoms with Gasteiger partial charge in [0.15, 0.2) is 13.5 Å². The van der Waals surface area contributed by atoms with Crippen molar-refractivity contribution in [3.8, 4) is 0 Å². The Kier molecular flexibility index (Phi) is 30.0. The number of allylic oxidation sites excluding steroid dienone is 2. The number of carboxylic acids is 4. The number of hydrogen-bond donors (Lipinski definition) is 4. The Morgan fingerprint density at radius 1 is 0.574 bits per heavy atom. The quantitative estimate of drug-likeness (QED) is 0.0307. The molecule has 0 fully saturated rings. The number of unbranched alkanes of at least 4 members (excludes halogenated alkanes) is 8. The number of carboxylic acid groups (broad SMARTS) is 4. The first-order chi connectivity index (χ1) is 21.6. The van der Waals surface area contributed by atoms with Gasteiger partial charge in [0.2, 0.25) is 0 Å². The van der Waals surface area contributed by atoms with Gasteiger partial charge in [0.25, 0.3) is 0 Å². The van der Waals surface area contributed by atoms with Crippen LogP contribution in [0.1, 0.15) is 91.9 Å². The molecule has 0 bridgehead atoms. The minimum atomic E-state index is -1.17. The number of aliphatic hydroxyl groups excluding tert-OH is 2. The zero-order valence-electron chi connectivity index (χ0n) is 29.4. The molecule has 4 N–H and O–H groups in total. The van der Waals surface area contributed by atoms with E-state index in [4.69, 9.17) is 10.2 Å². The number of nitrogens with zero attached hydrogens (tertiary/aromatic N) is 2. The average Bonchev–Trinajstić information content (AvgIpc) is 3.00. The second kappa shape index (κ2) is 28.3. The number of quaternary nitrogens is 2. The van der Waals surface area contributed by atoms with Crippen LogP contribution in [0.2, 0.25) is 0 Å². The van der Waals surface area contributed by atoms with Crippen molar-refractivity contribution < 1.29 is 58.8 Å². The second-order valence-electron chi connectivity index (χ2n) is 13.0. The predicted molar refractivity (Wildman–Crippen MR) is 178 cm³/mol. The van der Waals surface area contributed by atoms with Gasteiger partial charge in [-0.05, 0) is 65.2 Å². The molecule has 12 nitrogen and oxygen atoms in total. The topological polar surface area (TPSA) is 195 Å². The molecule has 0 amide bonds. The summed E-state index contributed by atoms with van der Waals surface area (Å²) in [5, 5.41) is 60.0. The average molecular weight is 699 g/mol. The maximum atomic E-state index is 11.1. The summed E-state index contributed by atoms with van der Waals surface area (Å²) in [5.74, 6) is -6.97. The van der Waals surface area contributed by atoms with Crippen molar-refractivity contribution in [1.29, 1.82) is 0 Å². The fourth-order valence-electron chi connectivity index (χ4n) is 5.69. The Hall–Kier alpha value is -1.54. The molecule has 0 aromatic carbocycles. The van der Waals surface area contributed by atoms with Crippen LogP contribution in [0, 0.1) is 23.7 Å². The van der Waals surface area contributed by atoms with Gasteiger partial charge in [-0.25, -0.2) is 0 Å². The molecular weight excluding hydrogens is 636 g/mol. The molecule has 0 aromatic heterocycles. The summed E-state index contributed by atoms with van der Waals surface area (Å²) in [6.45, 7) is 15.0. The van der Waals surface area contributed by atoms with Crippen LogP contribution in [0.4, 0.5) is 0 Å². The maximum Gasteiger partial charge on any atom is 2.00 e. The zero-order chi connectivity index (χ0) is 35.8. The number of carbonyl (C=O) groups excluding carboxylic acids is 2. The number of hydrogen-bond acceptors (Lipinski definition) is 8. The molecule has 0 radical (unpaired) electrons. The van der Waals surface area contributed by atoms with E-state index in [1.54, 1.807) is 13.8 Å². The molecule has 0 aliphatic carbocycles. The third kappa shape index (κ3) is 23.5. The van der Waals surface area contributed by atoms with Gasteiger partial charge in [-0.2, -0.15) is 0 Å². The normalized spacial score (nSPS) is 16.0. The van der Waals surface area contributed by atoms with Crippen LogP contribution in [0.5, 0.6) is 0 Å². The number of carbonyl (C=O) groups is 4. The van der Waals surface area contributed by atoms with Gasteiger partial charge in [-0.1, -0.05) is 38.8 Å². The van der Waals surface area contributed by atoms with Gasteiger partial charge in [0.1, 0.15) is 11.8 Å². The van der Waals surface area contributed by atoms with Crippen molar-refractivity contribution in [2.75, 3.05) is 52.7 Å². The summed E-state index contributed by atoms with van der Waals surface area (Å²) in [6.07, 6.45) is 13.5. The molecule has 0 aliphatic heterocycles. The van der Waals surface area contributed by atoms with Crippen LogP contribution < -0.4 is 10.2 Å².